The van der Waals surface area contributed by atoms with Crippen molar-refractivity contribution in [2.75, 3.05) is 65.7 Å². The predicted molar refractivity (Wildman–Crippen MR) is 135 cm³/mol. The van der Waals surface area contributed by atoms with E-state index in [1.807, 2.05) is 6.92 Å². The molecule has 0 aromatic rings. The number of nitrogens with zero attached hydrogens (tertiary/aromatic N) is 3. The molecule has 4 fully saturated rings. The summed E-state index contributed by atoms with van der Waals surface area (Å²) in [5.41, 5.74) is -1.94. The molecule has 1 N–H and O–H groups in total. The van der Waals surface area contributed by atoms with Crippen LogP contribution < -0.4 is 0 Å². The van der Waals surface area contributed by atoms with Crippen LogP contribution in [0.1, 0.15) is 32.6 Å². The first-order chi connectivity index (χ1) is 17.9. The molecule has 10 nitrogen and oxygen atoms in total. The number of carbonyl (C=O) groups excluding carboxylic acids is 3. The summed E-state index contributed by atoms with van der Waals surface area (Å²) in [6.45, 7) is 14.0. The number of morpholine rings is 1. The van der Waals surface area contributed by atoms with Crippen LogP contribution >= 0.6 is 0 Å². The largest absolute Gasteiger partial charge is 0.461 e. The van der Waals surface area contributed by atoms with E-state index in [4.69, 9.17) is 14.2 Å². The molecule has 10 heteroatoms. The van der Waals surface area contributed by atoms with Gasteiger partial charge in [0.1, 0.15) is 24.2 Å². The first kappa shape index (κ1) is 27.8. The highest BCUT2D eigenvalue weighted by Gasteiger charge is 2.79. The summed E-state index contributed by atoms with van der Waals surface area (Å²) in [5.74, 6) is -2.53. The molecule has 0 saturated carbocycles. The van der Waals surface area contributed by atoms with Crippen LogP contribution in [-0.4, -0.2) is 121 Å². The molecule has 206 valence electrons. The quantitative estimate of drug-likeness (QED) is 0.278. The highest BCUT2D eigenvalue weighted by Crippen LogP contribution is 2.64. The Morgan fingerprint density at radius 3 is 2.62 bits per heavy atom. The van der Waals surface area contributed by atoms with Crippen LogP contribution in [0.2, 0.25) is 0 Å². The third-order valence-corrected chi connectivity index (χ3v) is 8.52. The number of hydrogen-bond donors (Lipinski definition) is 1. The van der Waals surface area contributed by atoms with Gasteiger partial charge in [-0.05, 0) is 25.7 Å². The zero-order valence-electron chi connectivity index (χ0n) is 21.9. The molecule has 4 aliphatic rings. The molecule has 1 spiro atoms. The standard InChI is InChI=1S/C27H41N3O7/c1-4-10-29(13-12-28-14-18-35-19-15-28)24(33)22-27-9-8-26(6-3,37-27)21(25(34)36-17-5-2)20(27)23(32)30(22)11-7-16-31/h4-5,20-22,31H,1-2,6-19H2,3H3/t20-,21+,22?,26-,27?/m0/s1. The van der Waals surface area contributed by atoms with Gasteiger partial charge in [0.15, 0.2) is 0 Å². The number of amides is 2. The second kappa shape index (κ2) is 11.6. The van der Waals surface area contributed by atoms with Gasteiger partial charge in [0.05, 0.1) is 24.7 Å². The summed E-state index contributed by atoms with van der Waals surface area (Å²) >= 11 is 0. The lowest BCUT2D eigenvalue weighted by molar-refractivity contribution is -0.161. The van der Waals surface area contributed by atoms with E-state index < -0.39 is 35.0 Å². The minimum absolute atomic E-state index is 0.0499. The van der Waals surface area contributed by atoms with Gasteiger partial charge in [0.2, 0.25) is 11.8 Å². The minimum atomic E-state index is -1.10. The smallest absolute Gasteiger partial charge is 0.313 e. The van der Waals surface area contributed by atoms with Gasteiger partial charge in [-0.25, -0.2) is 0 Å². The first-order valence-electron chi connectivity index (χ1n) is 13.5. The van der Waals surface area contributed by atoms with Crippen molar-refractivity contribution in [1.82, 2.24) is 14.7 Å². The molecule has 0 aromatic heterocycles. The molecule has 2 bridgehead atoms. The summed E-state index contributed by atoms with van der Waals surface area (Å²) < 4.78 is 17.6. The van der Waals surface area contributed by atoms with Crippen molar-refractivity contribution >= 4 is 17.8 Å². The fourth-order valence-electron chi connectivity index (χ4n) is 6.78. The van der Waals surface area contributed by atoms with E-state index in [-0.39, 0.29) is 31.6 Å². The van der Waals surface area contributed by atoms with Crippen LogP contribution in [0.5, 0.6) is 0 Å². The van der Waals surface area contributed by atoms with Gasteiger partial charge in [-0.2, -0.15) is 0 Å². The number of likely N-dealkylation sites (tertiary alicyclic amines) is 1. The fourth-order valence-corrected chi connectivity index (χ4v) is 6.78. The van der Waals surface area contributed by atoms with Gasteiger partial charge < -0.3 is 29.1 Å². The second-order valence-electron chi connectivity index (χ2n) is 10.4. The zero-order chi connectivity index (χ0) is 26.6. The molecule has 37 heavy (non-hydrogen) atoms. The number of hydrogen-bond acceptors (Lipinski definition) is 8. The van der Waals surface area contributed by atoms with Crippen LogP contribution in [0.4, 0.5) is 0 Å². The minimum Gasteiger partial charge on any atom is -0.461 e. The average molecular weight is 520 g/mol. The maximum atomic E-state index is 14.3. The van der Waals surface area contributed by atoms with Crippen molar-refractivity contribution in [2.24, 2.45) is 11.8 Å². The van der Waals surface area contributed by atoms with Crippen LogP contribution in [-0.2, 0) is 28.6 Å². The fraction of sp³-hybridized carbons (Fsp3) is 0.741. The van der Waals surface area contributed by atoms with Gasteiger partial charge in [0, 0.05) is 45.9 Å². The Balaban J connectivity index is 1.66. The topological polar surface area (TPSA) is 109 Å². The first-order valence-corrected chi connectivity index (χ1v) is 13.5. The third-order valence-electron chi connectivity index (χ3n) is 8.52. The lowest BCUT2D eigenvalue weighted by atomic mass is 9.65. The summed E-state index contributed by atoms with van der Waals surface area (Å²) in [7, 11) is 0. The lowest BCUT2D eigenvalue weighted by Gasteiger charge is -2.37. The number of aliphatic hydroxyl groups is 1. The van der Waals surface area contributed by atoms with Gasteiger partial charge in [0.25, 0.3) is 0 Å². The number of esters is 1. The molecule has 4 saturated heterocycles. The number of aliphatic hydroxyl groups excluding tert-OH is 1. The van der Waals surface area contributed by atoms with E-state index in [9.17, 15) is 19.5 Å². The van der Waals surface area contributed by atoms with E-state index in [0.29, 0.717) is 58.5 Å². The van der Waals surface area contributed by atoms with E-state index in [1.165, 1.54) is 6.08 Å². The molecule has 4 heterocycles. The second-order valence-corrected chi connectivity index (χ2v) is 10.4. The van der Waals surface area contributed by atoms with E-state index in [1.54, 1.807) is 15.9 Å². The molecule has 2 amide bonds. The number of carbonyl (C=O) groups is 3. The summed E-state index contributed by atoms with van der Waals surface area (Å²) in [6.07, 6.45) is 5.15. The summed E-state index contributed by atoms with van der Waals surface area (Å²) in [4.78, 5) is 47.0. The highest BCUT2D eigenvalue weighted by atomic mass is 16.6. The SMILES string of the molecule is C=CCOC(=O)[C@H]1[C@H]2C(=O)N(CCCO)C(C(=O)N(CC=C)CCN3CCOCC3)C23CC[C@]1(CC)O3. The number of fused-ring (bicyclic) bond motifs is 1. The van der Waals surface area contributed by atoms with Crippen molar-refractivity contribution in [3.8, 4) is 0 Å². The van der Waals surface area contributed by atoms with E-state index in [2.05, 4.69) is 18.1 Å². The van der Waals surface area contributed by atoms with Gasteiger partial charge in [-0.1, -0.05) is 25.7 Å². The van der Waals surface area contributed by atoms with Crippen molar-refractivity contribution < 1.29 is 33.7 Å². The average Bonchev–Trinajstić information content (AvgIpc) is 3.52. The molecular weight excluding hydrogens is 478 g/mol. The van der Waals surface area contributed by atoms with Crippen molar-refractivity contribution in [2.45, 2.75) is 49.9 Å². The summed E-state index contributed by atoms with van der Waals surface area (Å²) in [6, 6.07) is -0.869. The lowest BCUT2D eigenvalue weighted by Crippen LogP contribution is -2.57. The monoisotopic (exact) mass is 519 g/mol. The maximum absolute atomic E-state index is 14.3. The molecule has 4 aliphatic heterocycles. The zero-order valence-corrected chi connectivity index (χ0v) is 21.9. The Kier molecular flexibility index (Phi) is 8.73. The Hall–Kier alpha value is -2.27. The van der Waals surface area contributed by atoms with E-state index in [0.717, 1.165) is 13.1 Å². The van der Waals surface area contributed by atoms with Crippen LogP contribution in [0.25, 0.3) is 0 Å². The third kappa shape index (κ3) is 4.84. The number of rotatable bonds is 13. The Bertz CT molecular complexity index is 891. The van der Waals surface area contributed by atoms with Gasteiger partial charge in [-0.15, -0.1) is 6.58 Å². The Morgan fingerprint density at radius 1 is 1.22 bits per heavy atom. The van der Waals surface area contributed by atoms with Crippen LogP contribution in [0, 0.1) is 11.8 Å². The molecule has 0 aromatic carbocycles. The van der Waals surface area contributed by atoms with Gasteiger partial charge in [-0.3, -0.25) is 19.3 Å². The molecule has 4 rings (SSSR count). The van der Waals surface area contributed by atoms with Crippen LogP contribution in [0.15, 0.2) is 25.3 Å². The molecular formula is C27H41N3O7. The van der Waals surface area contributed by atoms with E-state index >= 15 is 0 Å². The van der Waals surface area contributed by atoms with Crippen LogP contribution in [0.3, 0.4) is 0 Å². The highest BCUT2D eigenvalue weighted by molar-refractivity contribution is 5.98. The Labute approximate surface area is 219 Å². The molecule has 5 atom stereocenters. The summed E-state index contributed by atoms with van der Waals surface area (Å²) in [5, 5.41) is 9.53. The number of ether oxygens (including phenoxy) is 3. The van der Waals surface area contributed by atoms with Crippen molar-refractivity contribution in [1.29, 1.82) is 0 Å². The van der Waals surface area contributed by atoms with Crippen molar-refractivity contribution in [3.05, 3.63) is 25.3 Å². The molecule has 0 radical (unpaired) electrons. The Morgan fingerprint density at radius 2 is 1.97 bits per heavy atom. The van der Waals surface area contributed by atoms with Gasteiger partial charge >= 0.3 is 5.97 Å². The van der Waals surface area contributed by atoms with Crippen molar-refractivity contribution in [3.63, 3.8) is 0 Å². The normalized spacial score (nSPS) is 32.9. The molecule has 2 unspecified atom stereocenters. The predicted octanol–water partition coefficient (Wildman–Crippen LogP) is 0.600. The molecule has 0 aliphatic carbocycles. The maximum Gasteiger partial charge on any atom is 0.313 e.